The second-order valence-electron chi connectivity index (χ2n) is 36.0. The van der Waals surface area contributed by atoms with Crippen molar-refractivity contribution >= 4 is 106 Å². The lowest BCUT2D eigenvalue weighted by Crippen LogP contribution is -2.52. The fourth-order valence-corrected chi connectivity index (χ4v) is 16.2. The maximum absolute atomic E-state index is 14.9. The van der Waals surface area contributed by atoms with Crippen LogP contribution in [-0.4, -0.2) is 219 Å². The van der Waals surface area contributed by atoms with Gasteiger partial charge in [0.05, 0.1) is 73.0 Å². The molecule has 1 aromatic heterocycles. The monoisotopic (exact) mass is 1860 g/mol. The number of aliphatic hydroxyl groups excluding tert-OH is 2. The number of aromatic amines is 1. The van der Waals surface area contributed by atoms with Gasteiger partial charge in [-0.25, -0.2) is 4.98 Å². The van der Waals surface area contributed by atoms with E-state index in [1.165, 1.54) is 114 Å². The number of nitrogens with zero attached hydrogens (tertiary/aromatic N) is 3. The molecule has 131 heavy (non-hydrogen) atoms. The number of ketones is 6. The van der Waals surface area contributed by atoms with Crippen LogP contribution < -0.4 is 83.1 Å². The Labute approximate surface area is 780 Å². The molecule has 27 N–H and O–H groups in total. The molecule has 0 spiro atoms. The largest absolute Gasteiger partial charge is 0.508 e. The van der Waals surface area contributed by atoms with E-state index in [0.29, 0.717) is 69.3 Å². The predicted molar refractivity (Wildman–Crippen MR) is 511 cm³/mol. The van der Waals surface area contributed by atoms with Gasteiger partial charge in [0.2, 0.25) is 47.3 Å². The van der Waals surface area contributed by atoms with Crippen molar-refractivity contribution in [3.63, 3.8) is 0 Å². The number of unbranched alkanes of at least 4 members (excludes halogenated alkanes) is 15. The van der Waals surface area contributed by atoms with Crippen molar-refractivity contribution in [1.82, 2.24) is 47.2 Å². The molecule has 0 bridgehead atoms. The third-order valence-electron chi connectivity index (χ3n) is 23.5. The van der Waals surface area contributed by atoms with Crippen molar-refractivity contribution in [2.75, 3.05) is 51.3 Å². The molecule has 14 atom stereocenters. The minimum atomic E-state index is -1.54. The Morgan fingerprint density at radius 2 is 0.847 bits per heavy atom. The molecular formula is C94H163N19O17S. The molecule has 0 fully saturated rings. The van der Waals surface area contributed by atoms with E-state index >= 15 is 0 Å². The van der Waals surface area contributed by atoms with Crippen molar-refractivity contribution in [2.45, 2.75) is 341 Å². The number of H-pyrrole nitrogens is 1. The number of rotatable bonds is 79. The van der Waals surface area contributed by atoms with Gasteiger partial charge in [-0.3, -0.25) is 77.1 Å². The van der Waals surface area contributed by atoms with Crippen molar-refractivity contribution in [3.8, 4) is 5.75 Å². The first-order chi connectivity index (χ1) is 62.4. The summed E-state index contributed by atoms with van der Waals surface area (Å²) in [6, 6.07) is -2.72. The number of aliphatic imine (C=N–C) groups is 2. The van der Waals surface area contributed by atoms with Gasteiger partial charge < -0.3 is 103 Å². The number of imidazole rings is 1. The fourth-order valence-electron chi connectivity index (χ4n) is 15.8. The lowest BCUT2D eigenvalue weighted by atomic mass is 9.88. The number of hydrogen-bond acceptors (Lipinski definition) is 24. The average Bonchev–Trinajstić information content (AvgIpc) is 1.14. The standard InChI is InChI=1S/C94H163N19O17S/c1-9-10-11-12-13-14-15-16-17-18-19-20-21-35-85(123)108-76(33-24-27-43-97)92(130)111-73(32-23-26-42-96)80(118)54-68(47-60(2)3)89(127)109-74(34-29-45-105-94(101)102)81(119)55-69(58-114)90(128)110-75(40-46-131-8)84(122)56-72(63(7)115)91(129)107-62(6)79(117)51-65(30-22-25-41-95)87(125)113-78(49-64-36-38-71(116)39-37-64)82(120)52-66(31-28-44-104-93(99)100)88(126)112-77(48-61(4)5)83(121)53-67(86(98)124)50-70-57-103-59-106-70/h36-39,57,59-63,65-69,72-78,114-116H,9-35,40-56,58,95-97H2,1-8H3,(H2,98,124)(H,103,106)(H,107,129)(H,108,123)(H,109,127)(H,110,128)(H,111,130)(H,112,126)(H,113,125)(H4,99,100,104)(H4,101,102,105)/t62-,63+,65+,66+,67+,68+,69-,72-,73-,74-,75-,76-,77-,78-/m0/s1. The van der Waals surface area contributed by atoms with Crippen LogP contribution >= 0.6 is 11.8 Å². The van der Waals surface area contributed by atoms with E-state index in [1.54, 1.807) is 6.26 Å². The SMILES string of the molecule is CCCCCCCCCCCCCCCC(=O)N[C@@H](CCCCN)C(=O)N[C@@H](CCCCN)C(=O)C[C@@H](CC(C)C)C(=O)N[C@@H](CCCN=C(N)N)C(=O)C[C@@H](CO)C(=O)N[C@@H](CCSC)C(=O)C[C@H](C(=O)N[C@@H](C)C(=O)C[C@@H](CCCCN)C(=O)N[C@@H](Cc1ccc(O)cc1)C(=O)C[C@@H](CCCN=C(N)N)C(=O)N[C@@H](CC(C)C)C(=O)C[C@@H](Cc1cnc[nH]1)C(N)=O)[C@@H](C)O. The molecular weight excluding hydrogens is 1700 g/mol. The molecule has 1 heterocycles. The molecule has 36 nitrogen and oxygen atoms in total. The highest BCUT2D eigenvalue weighted by molar-refractivity contribution is 7.98. The summed E-state index contributed by atoms with van der Waals surface area (Å²) in [5, 5.41) is 51.9. The van der Waals surface area contributed by atoms with Gasteiger partial charge in [0.15, 0.2) is 46.6 Å². The number of thioether (sulfide) groups is 1. The van der Waals surface area contributed by atoms with E-state index in [1.807, 2.05) is 27.7 Å². The number of phenols is 1. The van der Waals surface area contributed by atoms with Crippen LogP contribution in [0.25, 0.3) is 0 Å². The normalized spacial score (nSPS) is 14.6. The summed E-state index contributed by atoms with van der Waals surface area (Å²) in [6.45, 7) is 12.3. The predicted octanol–water partition coefficient (Wildman–Crippen LogP) is 5.45. The summed E-state index contributed by atoms with van der Waals surface area (Å²) >= 11 is 1.32. The Kier molecular flexibility index (Phi) is 61.7. The van der Waals surface area contributed by atoms with Crippen molar-refractivity contribution in [1.29, 1.82) is 0 Å². The molecule has 1 aromatic carbocycles. The van der Waals surface area contributed by atoms with Crippen LogP contribution in [0.5, 0.6) is 5.75 Å². The van der Waals surface area contributed by atoms with E-state index in [0.717, 1.165) is 25.7 Å². The number of nitrogens with two attached hydrogens (primary N) is 8. The molecule has 0 saturated carbocycles. The number of aromatic hydroxyl groups is 1. The zero-order valence-electron chi connectivity index (χ0n) is 79.4. The second-order valence-corrected chi connectivity index (χ2v) is 37.0. The second kappa shape index (κ2) is 68.7. The van der Waals surface area contributed by atoms with Crippen molar-refractivity contribution < 1.29 is 82.4 Å². The van der Waals surface area contributed by atoms with Crippen LogP contribution in [-0.2, 0) is 80.0 Å². The first-order valence-electron chi connectivity index (χ1n) is 47.7. The van der Waals surface area contributed by atoms with Crippen molar-refractivity contribution in [3.05, 3.63) is 48.0 Å². The number of Topliss-reactive ketones (excluding diaryl/α,β-unsaturated/α-hetero) is 6. The highest BCUT2D eigenvalue weighted by atomic mass is 32.2. The topological polar surface area (TPSA) is 645 Å². The van der Waals surface area contributed by atoms with Gasteiger partial charge in [-0.15, -0.1) is 0 Å². The number of benzene rings is 1. The van der Waals surface area contributed by atoms with Gasteiger partial charge in [-0.1, -0.05) is 130 Å². The van der Waals surface area contributed by atoms with Crippen LogP contribution in [0.4, 0.5) is 0 Å². The number of carbonyl (C=O) groups is 14. The zero-order valence-corrected chi connectivity index (χ0v) is 80.3. The van der Waals surface area contributed by atoms with Crippen LogP contribution in [0, 0.1) is 47.3 Å². The zero-order chi connectivity index (χ0) is 97.8. The lowest BCUT2D eigenvalue weighted by molar-refractivity contribution is -0.138. The Morgan fingerprint density at radius 3 is 1.34 bits per heavy atom. The Bertz CT molecular complexity index is 3790. The van der Waals surface area contributed by atoms with E-state index in [-0.39, 0.29) is 157 Å². The molecule has 2 aromatic rings. The number of phenolic OH excluding ortho intramolecular Hbond substituents is 1. The summed E-state index contributed by atoms with van der Waals surface area (Å²) in [5.41, 5.74) is 47.0. The maximum Gasteiger partial charge on any atom is 0.243 e. The number of nitrogens with one attached hydrogen (secondary N) is 8. The van der Waals surface area contributed by atoms with Gasteiger partial charge in [0.25, 0.3) is 0 Å². The highest BCUT2D eigenvalue weighted by Gasteiger charge is 2.39. The molecule has 0 radical (unpaired) electrons. The minimum absolute atomic E-state index is 0.0218. The van der Waals surface area contributed by atoms with E-state index in [4.69, 9.17) is 45.9 Å². The summed E-state index contributed by atoms with van der Waals surface area (Å²) in [6.07, 6.45) is 19.1. The summed E-state index contributed by atoms with van der Waals surface area (Å²) in [7, 11) is 0. The summed E-state index contributed by atoms with van der Waals surface area (Å²) in [5.74, 6) is -17.1. The van der Waals surface area contributed by atoms with Gasteiger partial charge in [-0.05, 0) is 184 Å². The smallest absolute Gasteiger partial charge is 0.243 e. The first-order valence-corrected chi connectivity index (χ1v) is 49.1. The number of hydrogen-bond donors (Lipinski definition) is 19. The quantitative estimate of drug-likeness (QED) is 0.0222. The van der Waals surface area contributed by atoms with Crippen molar-refractivity contribution in [2.24, 2.45) is 103 Å². The maximum atomic E-state index is 14.9. The Balaban J connectivity index is 2.44. The minimum Gasteiger partial charge on any atom is -0.508 e. The molecule has 8 amide bonds. The lowest BCUT2D eigenvalue weighted by Gasteiger charge is -2.27. The van der Waals surface area contributed by atoms with Gasteiger partial charge >= 0.3 is 0 Å². The number of aromatic nitrogens is 2. The van der Waals surface area contributed by atoms with Gasteiger partial charge in [-0.2, -0.15) is 11.8 Å². The van der Waals surface area contributed by atoms with E-state index in [2.05, 4.69) is 64.1 Å². The summed E-state index contributed by atoms with van der Waals surface area (Å²) in [4.78, 5) is 216. The average molecular weight is 1860 g/mol. The number of carbonyl (C=O) groups excluding carboxylic acids is 14. The van der Waals surface area contributed by atoms with Gasteiger partial charge in [0, 0.05) is 94.1 Å². The molecule has 0 aliphatic rings. The van der Waals surface area contributed by atoms with Gasteiger partial charge in [0.1, 0.15) is 11.8 Å². The Hall–Kier alpha value is -9.30. The third-order valence-corrected chi connectivity index (χ3v) is 24.2. The molecule has 0 aliphatic heterocycles. The third kappa shape index (κ3) is 51.5. The number of amides is 8. The fraction of sp³-hybridized carbons (Fsp3) is 0.734. The Morgan fingerprint density at radius 1 is 0.427 bits per heavy atom. The molecule has 0 unspecified atom stereocenters. The molecule has 742 valence electrons. The first kappa shape index (κ1) is 118. The molecule has 2 rings (SSSR count). The van der Waals surface area contributed by atoms with Crippen LogP contribution in [0.3, 0.4) is 0 Å². The number of aliphatic hydroxyl groups is 2. The highest BCUT2D eigenvalue weighted by Crippen LogP contribution is 2.27. The van der Waals surface area contributed by atoms with E-state index < -0.39 is 192 Å². The number of guanidine groups is 2. The van der Waals surface area contributed by atoms with Crippen LogP contribution in [0.1, 0.15) is 291 Å². The van der Waals surface area contributed by atoms with Crippen LogP contribution in [0.2, 0.25) is 0 Å². The molecule has 0 saturated heterocycles. The van der Waals surface area contributed by atoms with Crippen LogP contribution in [0.15, 0.2) is 46.8 Å². The number of primary amides is 1. The molecule has 0 aliphatic carbocycles. The van der Waals surface area contributed by atoms with E-state index in [9.17, 15) is 82.4 Å². The molecule has 37 heteroatoms. The summed E-state index contributed by atoms with van der Waals surface area (Å²) < 4.78 is 0.